The molecule has 1 aromatic carbocycles. The van der Waals surface area contributed by atoms with Gasteiger partial charge < -0.3 is 15.2 Å². The van der Waals surface area contributed by atoms with Gasteiger partial charge in [0, 0.05) is 12.0 Å². The number of aromatic nitrogens is 2. The van der Waals surface area contributed by atoms with Gasteiger partial charge in [-0.1, -0.05) is 0 Å². The lowest BCUT2D eigenvalue weighted by Gasteiger charge is -2.18. The summed E-state index contributed by atoms with van der Waals surface area (Å²) in [5.41, 5.74) is 8.41. The molecule has 1 aliphatic heterocycles. The fourth-order valence-corrected chi connectivity index (χ4v) is 2.66. The highest BCUT2D eigenvalue weighted by Gasteiger charge is 2.16. The maximum atomic E-state index is 5.58. The van der Waals surface area contributed by atoms with E-state index < -0.39 is 0 Å². The first kappa shape index (κ1) is 12.5. The Bertz CT molecular complexity index is 598. The molecule has 0 saturated heterocycles. The summed E-state index contributed by atoms with van der Waals surface area (Å²) in [7, 11) is 0. The van der Waals surface area contributed by atoms with Crippen molar-refractivity contribution in [2.24, 2.45) is 5.73 Å². The Balaban J connectivity index is 1.98. The van der Waals surface area contributed by atoms with E-state index in [9.17, 15) is 0 Å². The molecule has 0 spiro atoms. The number of fused-ring (bicyclic) bond motifs is 1. The second-order valence-electron chi connectivity index (χ2n) is 4.26. The van der Waals surface area contributed by atoms with Gasteiger partial charge in [-0.15, -0.1) is 0 Å². The molecule has 0 saturated carbocycles. The summed E-state index contributed by atoms with van der Waals surface area (Å²) in [5, 5.41) is 7.33. The molecule has 0 radical (unpaired) electrons. The molecule has 0 fully saturated rings. The number of nitrogens with two attached hydrogens (primary N) is 1. The number of aromatic amines is 1. The number of hydrogen-bond acceptors (Lipinski definition) is 4. The van der Waals surface area contributed by atoms with Gasteiger partial charge in [0.2, 0.25) is 0 Å². The van der Waals surface area contributed by atoms with Gasteiger partial charge in [-0.05, 0) is 40.7 Å². The molecule has 5 nitrogen and oxygen atoms in total. The lowest BCUT2D eigenvalue weighted by Crippen LogP contribution is -2.15. The maximum absolute atomic E-state index is 5.58. The van der Waals surface area contributed by atoms with E-state index in [0.29, 0.717) is 19.8 Å². The molecule has 100 valence electrons. The maximum Gasteiger partial charge on any atom is 0.162 e. The van der Waals surface area contributed by atoms with E-state index in [1.165, 1.54) is 0 Å². The third kappa shape index (κ3) is 2.33. The van der Waals surface area contributed by atoms with Crippen molar-refractivity contribution in [3.8, 4) is 22.8 Å². The van der Waals surface area contributed by atoms with Gasteiger partial charge in [0.05, 0.1) is 10.2 Å². The lowest BCUT2D eigenvalue weighted by molar-refractivity contribution is 0.171. The fourth-order valence-electron chi connectivity index (χ4n) is 2.06. The highest BCUT2D eigenvalue weighted by atomic mass is 79.9. The van der Waals surface area contributed by atoms with Crippen molar-refractivity contribution in [1.29, 1.82) is 0 Å². The first-order valence-corrected chi connectivity index (χ1v) is 6.91. The van der Waals surface area contributed by atoms with Gasteiger partial charge in [-0.25, -0.2) is 0 Å². The molecular weight excluding hydrogens is 310 g/mol. The zero-order chi connectivity index (χ0) is 13.2. The number of halogens is 1. The molecule has 0 bridgehead atoms. The van der Waals surface area contributed by atoms with Crippen LogP contribution in [0.2, 0.25) is 0 Å². The van der Waals surface area contributed by atoms with Gasteiger partial charge in [-0.2, -0.15) is 5.10 Å². The number of hydrogen-bond donors (Lipinski definition) is 2. The van der Waals surface area contributed by atoms with Crippen molar-refractivity contribution in [2.45, 2.75) is 6.42 Å². The molecule has 1 aromatic heterocycles. The van der Waals surface area contributed by atoms with Crippen molar-refractivity contribution >= 4 is 15.9 Å². The van der Waals surface area contributed by atoms with Crippen LogP contribution in [0.3, 0.4) is 0 Å². The van der Waals surface area contributed by atoms with Crippen LogP contribution in [0.4, 0.5) is 0 Å². The van der Waals surface area contributed by atoms with Gasteiger partial charge in [-0.3, -0.25) is 5.10 Å². The SMILES string of the molecule is NCCc1[nH]nc(-c2ccc3c(c2)OCCO3)c1Br. The minimum Gasteiger partial charge on any atom is -0.486 e. The zero-order valence-electron chi connectivity index (χ0n) is 10.3. The summed E-state index contributed by atoms with van der Waals surface area (Å²) < 4.78 is 12.0. The van der Waals surface area contributed by atoms with Crippen LogP contribution in [-0.2, 0) is 6.42 Å². The number of H-pyrrole nitrogens is 1. The lowest BCUT2D eigenvalue weighted by atomic mass is 10.1. The van der Waals surface area contributed by atoms with Crippen molar-refractivity contribution in [2.75, 3.05) is 19.8 Å². The average molecular weight is 324 g/mol. The number of benzene rings is 1. The minimum absolute atomic E-state index is 0.580. The zero-order valence-corrected chi connectivity index (χ0v) is 11.9. The molecule has 0 aliphatic carbocycles. The molecule has 2 aromatic rings. The van der Waals surface area contributed by atoms with Gasteiger partial charge in [0.1, 0.15) is 18.9 Å². The Labute approximate surface area is 119 Å². The van der Waals surface area contributed by atoms with Gasteiger partial charge in [0.25, 0.3) is 0 Å². The molecule has 6 heteroatoms. The van der Waals surface area contributed by atoms with E-state index in [1.807, 2.05) is 18.2 Å². The molecule has 0 unspecified atom stereocenters. The molecule has 3 N–H and O–H groups in total. The molecule has 2 heterocycles. The normalized spacial score (nSPS) is 13.6. The van der Waals surface area contributed by atoms with Crippen LogP contribution < -0.4 is 15.2 Å². The third-order valence-corrected chi connectivity index (χ3v) is 3.84. The van der Waals surface area contributed by atoms with E-state index in [-0.39, 0.29) is 0 Å². The van der Waals surface area contributed by atoms with Crippen molar-refractivity contribution < 1.29 is 9.47 Å². The van der Waals surface area contributed by atoms with Crippen molar-refractivity contribution in [3.63, 3.8) is 0 Å². The van der Waals surface area contributed by atoms with Crippen LogP contribution in [0.1, 0.15) is 5.69 Å². The van der Waals surface area contributed by atoms with Crippen LogP contribution in [0, 0.1) is 0 Å². The first-order valence-electron chi connectivity index (χ1n) is 6.12. The van der Waals surface area contributed by atoms with E-state index in [0.717, 1.165) is 39.3 Å². The standard InChI is InChI=1S/C13H14BrN3O2/c14-12-9(3-4-15)16-17-13(12)8-1-2-10-11(7-8)19-6-5-18-10/h1-2,7H,3-6,15H2,(H,16,17). The Kier molecular flexibility index (Phi) is 3.44. The third-order valence-electron chi connectivity index (χ3n) is 2.99. The smallest absolute Gasteiger partial charge is 0.162 e. The van der Waals surface area contributed by atoms with Crippen LogP contribution in [-0.4, -0.2) is 30.0 Å². The first-order chi connectivity index (χ1) is 9.29. The summed E-state index contributed by atoms with van der Waals surface area (Å²) in [5.74, 6) is 1.54. The number of nitrogens with one attached hydrogen (secondary N) is 1. The summed E-state index contributed by atoms with van der Waals surface area (Å²) in [6.45, 7) is 1.76. The second kappa shape index (κ2) is 5.22. The highest BCUT2D eigenvalue weighted by Crippen LogP contribution is 2.36. The summed E-state index contributed by atoms with van der Waals surface area (Å²) in [4.78, 5) is 0. The average Bonchev–Trinajstić information content (AvgIpc) is 2.80. The summed E-state index contributed by atoms with van der Waals surface area (Å²) in [6.07, 6.45) is 0.762. The van der Waals surface area contributed by atoms with Crippen LogP contribution >= 0.6 is 15.9 Å². The van der Waals surface area contributed by atoms with E-state index >= 15 is 0 Å². The molecular formula is C13H14BrN3O2. The molecule has 1 aliphatic rings. The van der Waals surface area contributed by atoms with Crippen molar-refractivity contribution in [1.82, 2.24) is 10.2 Å². The number of rotatable bonds is 3. The van der Waals surface area contributed by atoms with E-state index in [2.05, 4.69) is 26.1 Å². The monoisotopic (exact) mass is 323 g/mol. The van der Waals surface area contributed by atoms with E-state index in [4.69, 9.17) is 15.2 Å². The molecule has 19 heavy (non-hydrogen) atoms. The molecule has 0 amide bonds. The Morgan fingerprint density at radius 1 is 1.26 bits per heavy atom. The van der Waals surface area contributed by atoms with Gasteiger partial charge in [0.15, 0.2) is 11.5 Å². The summed E-state index contributed by atoms with van der Waals surface area (Å²) >= 11 is 3.56. The van der Waals surface area contributed by atoms with Crippen LogP contribution in [0.25, 0.3) is 11.3 Å². The predicted octanol–water partition coefficient (Wildman–Crippen LogP) is 2.11. The molecule has 0 atom stereocenters. The predicted molar refractivity (Wildman–Crippen MR) is 75.5 cm³/mol. The Hall–Kier alpha value is -1.53. The van der Waals surface area contributed by atoms with Crippen LogP contribution in [0.15, 0.2) is 22.7 Å². The number of ether oxygens (including phenoxy) is 2. The molecule has 3 rings (SSSR count). The second-order valence-corrected chi connectivity index (χ2v) is 5.05. The van der Waals surface area contributed by atoms with Crippen LogP contribution in [0.5, 0.6) is 11.5 Å². The fraction of sp³-hybridized carbons (Fsp3) is 0.308. The quantitative estimate of drug-likeness (QED) is 0.907. The van der Waals surface area contributed by atoms with Crippen molar-refractivity contribution in [3.05, 3.63) is 28.4 Å². The number of nitrogens with zero attached hydrogens (tertiary/aromatic N) is 1. The topological polar surface area (TPSA) is 73.2 Å². The highest BCUT2D eigenvalue weighted by molar-refractivity contribution is 9.10. The van der Waals surface area contributed by atoms with E-state index in [1.54, 1.807) is 0 Å². The Morgan fingerprint density at radius 3 is 2.84 bits per heavy atom. The minimum atomic E-state index is 0.580. The largest absolute Gasteiger partial charge is 0.486 e. The summed E-state index contributed by atoms with van der Waals surface area (Å²) in [6, 6.07) is 5.83. The Morgan fingerprint density at radius 2 is 2.05 bits per heavy atom. The van der Waals surface area contributed by atoms with Gasteiger partial charge >= 0.3 is 0 Å².